The van der Waals surface area contributed by atoms with Crippen molar-refractivity contribution < 1.29 is 4.79 Å². The number of carbonyl (C=O) groups is 1. The summed E-state index contributed by atoms with van der Waals surface area (Å²) in [6, 6.07) is 15.1. The van der Waals surface area contributed by atoms with Gasteiger partial charge in [0.2, 0.25) is 5.91 Å². The number of aromatic nitrogens is 1. The minimum absolute atomic E-state index is 0.0782. The Labute approximate surface area is 236 Å². The minimum Gasteiger partial charge on any atom is -0.358 e. The number of amides is 1. The van der Waals surface area contributed by atoms with Crippen LogP contribution in [0.25, 0.3) is 11.3 Å². The Morgan fingerprint density at radius 3 is 2.05 bits per heavy atom. The summed E-state index contributed by atoms with van der Waals surface area (Å²) in [5.41, 5.74) is 2.78. The van der Waals surface area contributed by atoms with E-state index < -0.39 is 6.04 Å². The molecule has 0 spiro atoms. The van der Waals surface area contributed by atoms with Crippen LogP contribution in [0.2, 0.25) is 0 Å². The van der Waals surface area contributed by atoms with Gasteiger partial charge in [-0.25, -0.2) is 0 Å². The van der Waals surface area contributed by atoms with Crippen molar-refractivity contribution in [3.8, 4) is 11.3 Å². The third kappa shape index (κ3) is 6.99. The molecule has 210 valence electrons. The number of hydrogen-bond donors (Lipinski definition) is 2. The van der Waals surface area contributed by atoms with Crippen LogP contribution in [0.1, 0.15) is 99.7 Å². The molecule has 1 heterocycles. The molecule has 0 radical (unpaired) electrons. The summed E-state index contributed by atoms with van der Waals surface area (Å²) in [4.78, 5) is 16.1. The maximum absolute atomic E-state index is 14.1. The fourth-order valence-corrected chi connectivity index (χ4v) is 6.48. The fourth-order valence-electron chi connectivity index (χ4n) is 6.21. The van der Waals surface area contributed by atoms with Crippen molar-refractivity contribution in [3.05, 3.63) is 48.2 Å². The van der Waals surface area contributed by atoms with E-state index in [9.17, 15) is 4.79 Å². The highest BCUT2D eigenvalue weighted by atomic mass is 32.1. The van der Waals surface area contributed by atoms with Crippen LogP contribution in [0.4, 0.5) is 0 Å². The first-order valence-electron chi connectivity index (χ1n) is 14.2. The second-order valence-electron chi connectivity index (χ2n) is 14.0. The van der Waals surface area contributed by atoms with Gasteiger partial charge in [-0.15, -0.1) is 0 Å². The van der Waals surface area contributed by atoms with Crippen LogP contribution in [0.15, 0.2) is 42.5 Å². The predicted octanol–water partition coefficient (Wildman–Crippen LogP) is 7.25. The van der Waals surface area contributed by atoms with Gasteiger partial charge in [-0.05, 0) is 96.6 Å². The Balaban J connectivity index is 1.86. The Bertz CT molecular complexity index is 1090. The summed E-state index contributed by atoms with van der Waals surface area (Å²) in [5, 5.41) is 7.70. The lowest BCUT2D eigenvalue weighted by atomic mass is 9.83. The molecule has 2 N–H and O–H groups in total. The molecule has 5 nitrogen and oxygen atoms in total. The summed E-state index contributed by atoms with van der Waals surface area (Å²) in [5.74, 6) is 0.0782. The van der Waals surface area contributed by atoms with Crippen molar-refractivity contribution in [3.63, 3.8) is 0 Å². The monoisotopic (exact) mass is 538 g/mol. The molecular formula is C32H50N4OS. The van der Waals surface area contributed by atoms with Crippen LogP contribution in [0.3, 0.4) is 0 Å². The van der Waals surface area contributed by atoms with Crippen LogP contribution in [-0.2, 0) is 4.79 Å². The number of nitrogens with one attached hydrogen (secondary N) is 2. The van der Waals surface area contributed by atoms with E-state index in [4.69, 9.17) is 12.2 Å². The Kier molecular flexibility index (Phi) is 9.07. The molecule has 0 bridgehead atoms. The third-order valence-electron chi connectivity index (χ3n) is 7.52. The lowest BCUT2D eigenvalue weighted by Gasteiger charge is -2.49. The molecular weight excluding hydrogens is 488 g/mol. The molecule has 2 aromatic rings. The zero-order chi connectivity index (χ0) is 28.5. The second-order valence-corrected chi connectivity index (χ2v) is 14.4. The van der Waals surface area contributed by atoms with Crippen LogP contribution < -0.4 is 10.6 Å². The van der Waals surface area contributed by atoms with Gasteiger partial charge in [-0.2, -0.15) is 0 Å². The van der Waals surface area contributed by atoms with E-state index in [1.165, 1.54) is 29.8 Å². The van der Waals surface area contributed by atoms with E-state index in [0.29, 0.717) is 5.11 Å². The molecule has 3 atom stereocenters. The van der Waals surface area contributed by atoms with Crippen molar-refractivity contribution in [2.45, 2.75) is 124 Å². The molecule has 1 aromatic heterocycles. The van der Waals surface area contributed by atoms with E-state index in [0.717, 1.165) is 12.8 Å². The largest absolute Gasteiger partial charge is 0.358 e. The normalized spacial score (nSPS) is 19.5. The second kappa shape index (κ2) is 11.4. The van der Waals surface area contributed by atoms with E-state index in [1.54, 1.807) is 0 Å². The maximum atomic E-state index is 14.1. The first-order valence-corrected chi connectivity index (χ1v) is 14.6. The van der Waals surface area contributed by atoms with E-state index in [1.807, 2.05) is 4.90 Å². The van der Waals surface area contributed by atoms with E-state index >= 15 is 0 Å². The van der Waals surface area contributed by atoms with Gasteiger partial charge >= 0.3 is 0 Å². The highest BCUT2D eigenvalue weighted by Crippen LogP contribution is 2.35. The van der Waals surface area contributed by atoms with Gasteiger partial charge in [0.1, 0.15) is 6.04 Å². The highest BCUT2D eigenvalue weighted by Gasteiger charge is 2.43. The van der Waals surface area contributed by atoms with Gasteiger partial charge in [0, 0.05) is 28.5 Å². The topological polar surface area (TPSA) is 49.3 Å². The first kappa shape index (κ1) is 30.2. The van der Waals surface area contributed by atoms with Crippen LogP contribution in [0, 0.1) is 12.3 Å². The molecule has 0 aliphatic heterocycles. The molecule has 0 unspecified atom stereocenters. The molecule has 3 rings (SSSR count). The molecule has 6 heteroatoms. The molecule has 1 aromatic carbocycles. The van der Waals surface area contributed by atoms with Gasteiger partial charge in [0.15, 0.2) is 5.11 Å². The average Bonchev–Trinajstić information content (AvgIpc) is 3.17. The number of benzene rings is 1. The van der Waals surface area contributed by atoms with Gasteiger partial charge in [0.25, 0.3) is 0 Å². The molecule has 1 fully saturated rings. The quantitative estimate of drug-likeness (QED) is 0.394. The molecule has 1 aliphatic rings. The number of aryl methyl sites for hydroxylation is 1. The smallest absolute Gasteiger partial charge is 0.246 e. The molecule has 1 amide bonds. The van der Waals surface area contributed by atoms with Crippen molar-refractivity contribution in [1.82, 2.24) is 20.1 Å². The Morgan fingerprint density at radius 2 is 1.50 bits per heavy atom. The van der Waals surface area contributed by atoms with Gasteiger partial charge in [-0.3, -0.25) is 4.79 Å². The number of carbonyl (C=O) groups excluding carboxylic acids is 1. The fraction of sp³-hybridized carbons (Fsp3) is 0.625. The van der Waals surface area contributed by atoms with Crippen molar-refractivity contribution in [1.29, 1.82) is 0 Å². The van der Waals surface area contributed by atoms with Gasteiger partial charge in [-0.1, -0.05) is 63.9 Å². The SMILES string of the molecule is Cc1ccc(-c2ccccc2)n1[C@@H]1CCCC[C@H]1NC(=S)N[C@H](C(=O)N(C(C)(C)C)C(C)(C)C)C(C)(C)C. The molecule has 38 heavy (non-hydrogen) atoms. The third-order valence-corrected chi connectivity index (χ3v) is 7.76. The Morgan fingerprint density at radius 1 is 0.921 bits per heavy atom. The number of nitrogens with zero attached hydrogens (tertiary/aromatic N) is 2. The van der Waals surface area contributed by atoms with Crippen molar-refractivity contribution in [2.24, 2.45) is 5.41 Å². The maximum Gasteiger partial charge on any atom is 0.246 e. The summed E-state index contributed by atoms with van der Waals surface area (Å²) in [6.45, 7) is 21.1. The first-order chi connectivity index (χ1) is 17.5. The summed E-state index contributed by atoms with van der Waals surface area (Å²) in [7, 11) is 0. The van der Waals surface area contributed by atoms with Crippen molar-refractivity contribution >= 4 is 23.2 Å². The number of rotatable bonds is 5. The number of hydrogen-bond acceptors (Lipinski definition) is 2. The van der Waals surface area contributed by atoms with Crippen molar-refractivity contribution in [2.75, 3.05) is 0 Å². The van der Waals surface area contributed by atoms with Gasteiger partial charge in [0.05, 0.1) is 6.04 Å². The van der Waals surface area contributed by atoms with Crippen LogP contribution in [0.5, 0.6) is 0 Å². The molecule has 0 saturated heterocycles. The summed E-state index contributed by atoms with van der Waals surface area (Å²) < 4.78 is 2.49. The average molecular weight is 539 g/mol. The minimum atomic E-state index is -0.448. The van der Waals surface area contributed by atoms with Crippen LogP contribution in [-0.4, -0.2) is 43.6 Å². The molecule has 1 saturated carbocycles. The van der Waals surface area contributed by atoms with Crippen LogP contribution >= 0.6 is 12.2 Å². The lowest BCUT2D eigenvalue weighted by Crippen LogP contribution is -2.65. The van der Waals surface area contributed by atoms with E-state index in [2.05, 4.69) is 127 Å². The lowest BCUT2D eigenvalue weighted by molar-refractivity contribution is -0.147. The van der Waals surface area contributed by atoms with Gasteiger partial charge < -0.3 is 20.1 Å². The predicted molar refractivity (Wildman–Crippen MR) is 164 cm³/mol. The van der Waals surface area contributed by atoms with E-state index in [-0.39, 0.29) is 34.5 Å². The zero-order valence-electron chi connectivity index (χ0n) is 25.3. The molecule has 1 aliphatic carbocycles. The summed E-state index contributed by atoms with van der Waals surface area (Å²) >= 11 is 5.91. The highest BCUT2D eigenvalue weighted by molar-refractivity contribution is 7.80. The zero-order valence-corrected chi connectivity index (χ0v) is 26.1. The standard InChI is InChI=1S/C32H50N4OS/c1-22-20-21-25(23-16-12-11-13-17-23)35(22)26-19-15-14-18-24(26)33-29(38)34-27(30(2,3)4)28(37)36(31(5,6)7)32(8,9)10/h11-13,16-17,20-21,24,26-27H,14-15,18-19H2,1-10H3,(H2,33,34,38)/t24-,26-,27-/m1/s1. The number of thiocarbonyl (C=S) groups is 1. The Hall–Kier alpha value is -2.34. The summed E-state index contributed by atoms with van der Waals surface area (Å²) in [6.07, 6.45) is 4.51.